The van der Waals surface area contributed by atoms with Crippen LogP contribution in [0.15, 0.2) is 48.5 Å². The second-order valence-electron chi connectivity index (χ2n) is 6.24. The van der Waals surface area contributed by atoms with Gasteiger partial charge in [-0.25, -0.2) is 13.6 Å². The molecule has 0 bridgehead atoms. The van der Waals surface area contributed by atoms with Crippen LogP contribution in [-0.4, -0.2) is 18.4 Å². The van der Waals surface area contributed by atoms with Gasteiger partial charge < -0.3 is 4.74 Å². The molecule has 1 aliphatic carbocycles. The van der Waals surface area contributed by atoms with Crippen molar-refractivity contribution in [3.63, 3.8) is 0 Å². The largest absolute Gasteiger partial charge is 0.454 e. The summed E-state index contributed by atoms with van der Waals surface area (Å²) in [4.78, 5) is 24.5. The molecule has 0 aromatic heterocycles. The Morgan fingerprint density at radius 2 is 1.69 bits per heavy atom. The number of hydrogen-bond donors (Lipinski definition) is 0. The molecule has 3 nitrogen and oxygen atoms in total. The average molecular weight is 352 g/mol. The van der Waals surface area contributed by atoms with E-state index >= 15 is 0 Å². The molecule has 1 aliphatic rings. The Labute approximate surface area is 148 Å². The first-order chi connectivity index (χ1) is 12.5. The number of rotatable bonds is 4. The lowest BCUT2D eigenvalue weighted by Crippen LogP contribution is -2.16. The van der Waals surface area contributed by atoms with Gasteiger partial charge in [0.05, 0.1) is 11.1 Å². The van der Waals surface area contributed by atoms with E-state index in [2.05, 4.69) is 0 Å². The van der Waals surface area contributed by atoms with Gasteiger partial charge in [0.2, 0.25) is 5.78 Å². The van der Waals surface area contributed by atoms with E-state index in [1.807, 2.05) is 24.3 Å². The molecule has 26 heavy (non-hydrogen) atoms. The highest BCUT2D eigenvalue weighted by molar-refractivity contribution is 6.08. The molecule has 5 heteroatoms. The lowest BCUT2D eigenvalue weighted by Gasteiger charge is -2.09. The molecular weight excluding hydrogens is 338 g/mol. The van der Waals surface area contributed by atoms with E-state index in [1.54, 1.807) is 6.07 Å². The molecule has 0 N–H and O–H groups in total. The predicted molar refractivity (Wildman–Crippen MR) is 92.3 cm³/mol. The van der Waals surface area contributed by atoms with Gasteiger partial charge >= 0.3 is 5.97 Å². The molecule has 3 aromatic rings. The Morgan fingerprint density at radius 1 is 0.923 bits per heavy atom. The minimum absolute atomic E-state index is 0.361. The summed E-state index contributed by atoms with van der Waals surface area (Å²) in [6.07, 6.45) is 1.87. The van der Waals surface area contributed by atoms with Gasteiger partial charge in [-0.1, -0.05) is 24.3 Å². The Kier molecular flexibility index (Phi) is 3.99. The number of aryl methyl sites for hydroxylation is 2. The molecule has 0 atom stereocenters. The van der Waals surface area contributed by atoms with Crippen LogP contribution in [0.5, 0.6) is 0 Å². The Hall–Kier alpha value is -3.08. The van der Waals surface area contributed by atoms with Crippen molar-refractivity contribution in [3.8, 4) is 0 Å². The average Bonchev–Trinajstić information content (AvgIpc) is 3.07. The van der Waals surface area contributed by atoms with Crippen molar-refractivity contribution in [2.45, 2.75) is 12.8 Å². The van der Waals surface area contributed by atoms with E-state index in [1.165, 1.54) is 11.1 Å². The molecule has 0 unspecified atom stereocenters. The molecule has 0 spiro atoms. The normalized spacial score (nSPS) is 12.4. The fourth-order valence-electron chi connectivity index (χ4n) is 3.42. The van der Waals surface area contributed by atoms with Crippen LogP contribution in [0.1, 0.15) is 31.8 Å². The summed E-state index contributed by atoms with van der Waals surface area (Å²) in [6.45, 7) is -0.651. The lowest BCUT2D eigenvalue weighted by molar-refractivity contribution is 0.0475. The van der Waals surface area contributed by atoms with E-state index in [4.69, 9.17) is 4.74 Å². The highest BCUT2D eigenvalue weighted by Gasteiger charge is 2.21. The highest BCUT2D eigenvalue weighted by Crippen LogP contribution is 2.33. The van der Waals surface area contributed by atoms with E-state index in [-0.39, 0.29) is 0 Å². The lowest BCUT2D eigenvalue weighted by atomic mass is 10.00. The summed E-state index contributed by atoms with van der Waals surface area (Å²) in [6, 6.07) is 11.9. The Balaban J connectivity index is 1.57. The zero-order valence-electron chi connectivity index (χ0n) is 13.7. The van der Waals surface area contributed by atoms with Crippen LogP contribution in [0.3, 0.4) is 0 Å². The molecule has 3 aromatic carbocycles. The second kappa shape index (κ2) is 6.33. The maximum Gasteiger partial charge on any atom is 0.339 e. The van der Waals surface area contributed by atoms with Crippen molar-refractivity contribution in [2.75, 3.05) is 6.61 Å². The third kappa shape index (κ3) is 2.75. The van der Waals surface area contributed by atoms with Crippen molar-refractivity contribution < 1.29 is 23.1 Å². The Morgan fingerprint density at radius 3 is 2.50 bits per heavy atom. The highest BCUT2D eigenvalue weighted by atomic mass is 19.1. The standard InChI is InChI=1S/C21H14F2O3/c22-14-7-9-18(23)17(10-14)19(24)11-26-21(25)16-8-6-13-5-4-12-2-1-3-15(16)20(12)13/h1-3,6-10H,4-5,11H2. The second-order valence-corrected chi connectivity index (χ2v) is 6.24. The zero-order chi connectivity index (χ0) is 18.3. The van der Waals surface area contributed by atoms with E-state index < -0.39 is 35.6 Å². The van der Waals surface area contributed by atoms with Crippen LogP contribution in [0, 0.1) is 11.6 Å². The van der Waals surface area contributed by atoms with Crippen LogP contribution >= 0.6 is 0 Å². The van der Waals surface area contributed by atoms with Gasteiger partial charge in [0.1, 0.15) is 11.6 Å². The molecule has 0 fully saturated rings. The number of esters is 1. The van der Waals surface area contributed by atoms with Crippen LogP contribution in [-0.2, 0) is 17.6 Å². The number of Topliss-reactive ketones (excluding diaryl/α,β-unsaturated/α-hetero) is 1. The maximum absolute atomic E-state index is 13.6. The first-order valence-electron chi connectivity index (χ1n) is 8.23. The first-order valence-corrected chi connectivity index (χ1v) is 8.23. The first kappa shape index (κ1) is 16.4. The molecule has 130 valence electrons. The third-order valence-electron chi connectivity index (χ3n) is 4.66. The summed E-state index contributed by atoms with van der Waals surface area (Å²) in [5, 5.41) is 1.84. The smallest absolute Gasteiger partial charge is 0.339 e. The van der Waals surface area contributed by atoms with E-state index in [9.17, 15) is 18.4 Å². The van der Waals surface area contributed by atoms with E-state index in [0.29, 0.717) is 5.56 Å². The minimum Gasteiger partial charge on any atom is -0.454 e. The molecule has 0 saturated heterocycles. The molecule has 0 saturated carbocycles. The summed E-state index contributed by atoms with van der Waals surface area (Å²) in [7, 11) is 0. The fourth-order valence-corrected chi connectivity index (χ4v) is 3.42. The van der Waals surface area contributed by atoms with Crippen molar-refractivity contribution >= 4 is 22.5 Å². The topological polar surface area (TPSA) is 43.4 Å². The SMILES string of the molecule is O=C(COC(=O)c1ccc2c3c(cccc13)CC2)c1cc(F)ccc1F. The minimum atomic E-state index is -0.849. The summed E-state index contributed by atoms with van der Waals surface area (Å²) in [5.74, 6) is -3.03. The molecule has 4 rings (SSSR count). The van der Waals surface area contributed by atoms with Crippen LogP contribution in [0.4, 0.5) is 8.78 Å². The molecular formula is C21H14F2O3. The fraction of sp³-hybridized carbons (Fsp3) is 0.143. The number of ketones is 1. The maximum atomic E-state index is 13.6. The van der Waals surface area contributed by atoms with Gasteiger partial charge in [0.25, 0.3) is 0 Å². The number of halogens is 2. The van der Waals surface area contributed by atoms with Crippen molar-refractivity contribution in [1.82, 2.24) is 0 Å². The van der Waals surface area contributed by atoms with Crippen LogP contribution in [0.25, 0.3) is 10.8 Å². The predicted octanol–water partition coefficient (Wildman–Crippen LogP) is 4.26. The summed E-state index contributed by atoms with van der Waals surface area (Å²) >= 11 is 0. The molecule has 0 aliphatic heterocycles. The van der Waals surface area contributed by atoms with Gasteiger partial charge in [0.15, 0.2) is 6.61 Å². The van der Waals surface area contributed by atoms with E-state index in [0.717, 1.165) is 41.8 Å². The summed E-state index contributed by atoms with van der Waals surface area (Å²) < 4.78 is 31.9. The van der Waals surface area contributed by atoms with Crippen LogP contribution in [0.2, 0.25) is 0 Å². The van der Waals surface area contributed by atoms with Crippen molar-refractivity contribution in [2.24, 2.45) is 0 Å². The zero-order valence-corrected chi connectivity index (χ0v) is 13.7. The number of carbonyl (C=O) groups excluding carboxylic acids is 2. The molecule has 0 heterocycles. The molecule has 0 amide bonds. The number of hydrogen-bond acceptors (Lipinski definition) is 3. The van der Waals surface area contributed by atoms with Gasteiger partial charge in [0, 0.05) is 0 Å². The number of ether oxygens (including phenoxy) is 1. The van der Waals surface area contributed by atoms with Gasteiger partial charge in [-0.05, 0) is 59.0 Å². The third-order valence-corrected chi connectivity index (χ3v) is 4.66. The monoisotopic (exact) mass is 352 g/mol. The Bertz CT molecular complexity index is 1050. The van der Waals surface area contributed by atoms with Crippen LogP contribution < -0.4 is 0 Å². The summed E-state index contributed by atoms with van der Waals surface area (Å²) in [5.41, 5.74) is 2.30. The van der Waals surface area contributed by atoms with Gasteiger partial charge in [-0.15, -0.1) is 0 Å². The number of benzene rings is 3. The van der Waals surface area contributed by atoms with Gasteiger partial charge in [-0.3, -0.25) is 4.79 Å². The number of carbonyl (C=O) groups is 2. The molecule has 0 radical (unpaired) electrons. The van der Waals surface area contributed by atoms with Gasteiger partial charge in [-0.2, -0.15) is 0 Å². The quantitative estimate of drug-likeness (QED) is 0.521. The van der Waals surface area contributed by atoms with Crippen molar-refractivity contribution in [3.05, 3.63) is 82.4 Å². The van der Waals surface area contributed by atoms with Crippen molar-refractivity contribution in [1.29, 1.82) is 0 Å².